The summed E-state index contributed by atoms with van der Waals surface area (Å²) in [4.78, 5) is 22.0. The number of ether oxygens (including phenoxy) is 1. The van der Waals surface area contributed by atoms with Crippen LogP contribution in [-0.4, -0.2) is 45.9 Å². The largest absolute Gasteiger partial charge is 0.464 e. The fraction of sp³-hybridized carbons (Fsp3) is 0.467. The summed E-state index contributed by atoms with van der Waals surface area (Å²) in [6.45, 7) is 1.76. The van der Waals surface area contributed by atoms with Gasteiger partial charge in [0, 0.05) is 38.3 Å². The van der Waals surface area contributed by atoms with E-state index in [0.717, 1.165) is 37.4 Å². The second kappa shape index (κ2) is 6.13. The smallest absolute Gasteiger partial charge is 0.356 e. The fourth-order valence-corrected chi connectivity index (χ4v) is 2.81. The molecular formula is C15H19N5O2. The van der Waals surface area contributed by atoms with E-state index in [4.69, 9.17) is 4.74 Å². The quantitative estimate of drug-likeness (QED) is 0.798. The summed E-state index contributed by atoms with van der Waals surface area (Å²) in [5.41, 5.74) is 1.39. The lowest BCUT2D eigenvalue weighted by Crippen LogP contribution is -2.35. The normalized spacial score (nSPS) is 18.3. The number of nitrogens with zero attached hydrogens (tertiary/aromatic N) is 5. The number of rotatable bonds is 3. The molecule has 2 aromatic heterocycles. The zero-order valence-corrected chi connectivity index (χ0v) is 12.8. The highest BCUT2D eigenvalue weighted by molar-refractivity contribution is 5.87. The Hall–Kier alpha value is -2.44. The zero-order valence-electron chi connectivity index (χ0n) is 12.8. The van der Waals surface area contributed by atoms with Crippen LogP contribution in [0.1, 0.15) is 34.9 Å². The van der Waals surface area contributed by atoms with Gasteiger partial charge in [-0.05, 0) is 18.9 Å². The molecule has 116 valence electrons. The average Bonchev–Trinajstić information content (AvgIpc) is 3.01. The van der Waals surface area contributed by atoms with Crippen LogP contribution in [0.2, 0.25) is 0 Å². The Kier molecular flexibility index (Phi) is 4.04. The molecule has 3 heterocycles. The Bertz CT molecular complexity index is 669. The molecule has 2 aromatic rings. The van der Waals surface area contributed by atoms with E-state index in [1.807, 2.05) is 17.9 Å². The van der Waals surface area contributed by atoms with Gasteiger partial charge in [0.15, 0.2) is 5.69 Å². The van der Waals surface area contributed by atoms with Crippen molar-refractivity contribution in [1.82, 2.24) is 19.7 Å². The summed E-state index contributed by atoms with van der Waals surface area (Å²) in [5, 5.41) is 4.50. The summed E-state index contributed by atoms with van der Waals surface area (Å²) in [5.74, 6) is 0.699. The van der Waals surface area contributed by atoms with Gasteiger partial charge in [0.1, 0.15) is 12.1 Å². The number of esters is 1. The lowest BCUT2D eigenvalue weighted by Gasteiger charge is -2.32. The van der Waals surface area contributed by atoms with Crippen molar-refractivity contribution in [2.75, 3.05) is 25.1 Å². The molecule has 3 rings (SSSR count). The van der Waals surface area contributed by atoms with Crippen molar-refractivity contribution >= 4 is 11.8 Å². The van der Waals surface area contributed by atoms with E-state index < -0.39 is 5.97 Å². The number of carbonyl (C=O) groups excluding carboxylic acids is 1. The van der Waals surface area contributed by atoms with E-state index in [1.165, 1.54) is 13.4 Å². The van der Waals surface area contributed by atoms with Crippen molar-refractivity contribution in [1.29, 1.82) is 0 Å². The number of methoxy groups -OCH3 is 1. The summed E-state index contributed by atoms with van der Waals surface area (Å²) < 4.78 is 6.54. The molecule has 0 spiro atoms. The van der Waals surface area contributed by atoms with Gasteiger partial charge in [-0.2, -0.15) is 5.10 Å². The lowest BCUT2D eigenvalue weighted by molar-refractivity contribution is 0.0594. The first-order valence-corrected chi connectivity index (χ1v) is 7.32. The Morgan fingerprint density at radius 2 is 2.27 bits per heavy atom. The van der Waals surface area contributed by atoms with Crippen molar-refractivity contribution in [2.45, 2.75) is 18.8 Å². The number of piperidine rings is 1. The third-order valence-electron chi connectivity index (χ3n) is 3.95. The van der Waals surface area contributed by atoms with Crippen LogP contribution in [0.5, 0.6) is 0 Å². The number of hydrogen-bond acceptors (Lipinski definition) is 6. The molecule has 7 heteroatoms. The minimum absolute atomic E-state index is 0.285. The van der Waals surface area contributed by atoms with E-state index in [9.17, 15) is 4.79 Å². The fourth-order valence-electron chi connectivity index (χ4n) is 2.81. The van der Waals surface area contributed by atoms with Crippen LogP contribution >= 0.6 is 0 Å². The monoisotopic (exact) mass is 301 g/mol. The average molecular weight is 301 g/mol. The SMILES string of the molecule is COC(=O)c1cc(N2CCCC(c3ccn(C)n3)C2)ncn1. The van der Waals surface area contributed by atoms with Gasteiger partial charge in [-0.15, -0.1) is 0 Å². The Labute approximate surface area is 128 Å². The molecule has 1 aliphatic rings. The van der Waals surface area contributed by atoms with Crippen molar-refractivity contribution in [3.05, 3.63) is 36.0 Å². The van der Waals surface area contributed by atoms with E-state index >= 15 is 0 Å². The number of carbonyl (C=O) groups is 1. The maximum Gasteiger partial charge on any atom is 0.356 e. The highest BCUT2D eigenvalue weighted by Gasteiger charge is 2.24. The number of anilines is 1. The predicted octanol–water partition coefficient (Wildman–Crippen LogP) is 1.38. The first-order chi connectivity index (χ1) is 10.7. The van der Waals surface area contributed by atoms with Crippen molar-refractivity contribution < 1.29 is 9.53 Å². The van der Waals surface area contributed by atoms with Gasteiger partial charge in [-0.1, -0.05) is 0 Å². The molecule has 7 nitrogen and oxygen atoms in total. The molecule has 0 radical (unpaired) electrons. The Morgan fingerprint density at radius 1 is 1.41 bits per heavy atom. The van der Waals surface area contributed by atoms with Crippen molar-refractivity contribution in [2.24, 2.45) is 7.05 Å². The van der Waals surface area contributed by atoms with Crippen LogP contribution in [0.25, 0.3) is 0 Å². The Morgan fingerprint density at radius 3 is 3.00 bits per heavy atom. The minimum atomic E-state index is -0.443. The van der Waals surface area contributed by atoms with Crippen LogP contribution in [0.15, 0.2) is 24.7 Å². The van der Waals surface area contributed by atoms with Gasteiger partial charge in [0.25, 0.3) is 0 Å². The van der Waals surface area contributed by atoms with Crippen molar-refractivity contribution in [3.63, 3.8) is 0 Å². The van der Waals surface area contributed by atoms with Crippen LogP contribution in [-0.2, 0) is 11.8 Å². The highest BCUT2D eigenvalue weighted by Crippen LogP contribution is 2.28. The van der Waals surface area contributed by atoms with Gasteiger partial charge in [-0.25, -0.2) is 14.8 Å². The molecule has 0 amide bonds. The molecule has 0 N–H and O–H groups in total. The molecule has 1 atom stereocenters. The molecule has 1 fully saturated rings. The van der Waals surface area contributed by atoms with E-state index in [-0.39, 0.29) is 5.69 Å². The van der Waals surface area contributed by atoms with Crippen molar-refractivity contribution in [3.8, 4) is 0 Å². The van der Waals surface area contributed by atoms with Gasteiger partial charge in [-0.3, -0.25) is 4.68 Å². The van der Waals surface area contributed by atoms with Crippen LogP contribution in [0, 0.1) is 0 Å². The summed E-state index contributed by atoms with van der Waals surface area (Å²) >= 11 is 0. The highest BCUT2D eigenvalue weighted by atomic mass is 16.5. The Balaban J connectivity index is 1.78. The molecule has 22 heavy (non-hydrogen) atoms. The molecule has 0 bridgehead atoms. The molecule has 1 saturated heterocycles. The van der Waals surface area contributed by atoms with Gasteiger partial charge in [0.05, 0.1) is 12.8 Å². The van der Waals surface area contributed by atoms with E-state index in [0.29, 0.717) is 5.92 Å². The standard InChI is InChI=1S/C15H19N5O2/c1-19-7-5-12(18-19)11-4-3-6-20(9-11)14-8-13(15(21)22-2)16-10-17-14/h5,7-8,10-11H,3-4,6,9H2,1-2H3. The van der Waals surface area contributed by atoms with E-state index in [2.05, 4.69) is 26.0 Å². The minimum Gasteiger partial charge on any atom is -0.464 e. The lowest BCUT2D eigenvalue weighted by atomic mass is 9.95. The topological polar surface area (TPSA) is 73.1 Å². The molecule has 0 saturated carbocycles. The zero-order chi connectivity index (χ0) is 15.5. The second-order valence-electron chi connectivity index (χ2n) is 5.45. The van der Waals surface area contributed by atoms with Crippen LogP contribution in [0.3, 0.4) is 0 Å². The third kappa shape index (κ3) is 2.93. The number of aryl methyl sites for hydroxylation is 1. The number of hydrogen-bond donors (Lipinski definition) is 0. The van der Waals surface area contributed by atoms with Gasteiger partial charge < -0.3 is 9.64 Å². The summed E-state index contributed by atoms with van der Waals surface area (Å²) in [7, 11) is 3.28. The third-order valence-corrected chi connectivity index (χ3v) is 3.95. The van der Waals surface area contributed by atoms with Gasteiger partial charge in [0.2, 0.25) is 0 Å². The number of aromatic nitrogens is 4. The predicted molar refractivity (Wildman–Crippen MR) is 80.8 cm³/mol. The summed E-state index contributed by atoms with van der Waals surface area (Å²) in [6, 6.07) is 3.75. The molecule has 1 aliphatic heterocycles. The second-order valence-corrected chi connectivity index (χ2v) is 5.45. The van der Waals surface area contributed by atoms with Crippen LogP contribution < -0.4 is 4.90 Å². The molecule has 0 aliphatic carbocycles. The maximum atomic E-state index is 11.6. The molecule has 1 unspecified atom stereocenters. The molecular weight excluding hydrogens is 282 g/mol. The van der Waals surface area contributed by atoms with Crippen LogP contribution in [0.4, 0.5) is 5.82 Å². The first kappa shape index (κ1) is 14.5. The first-order valence-electron chi connectivity index (χ1n) is 7.32. The van der Waals surface area contributed by atoms with Gasteiger partial charge >= 0.3 is 5.97 Å². The maximum absolute atomic E-state index is 11.6. The van der Waals surface area contributed by atoms with E-state index in [1.54, 1.807) is 6.07 Å². The molecule has 0 aromatic carbocycles. The summed E-state index contributed by atoms with van der Waals surface area (Å²) in [6.07, 6.45) is 5.56.